The molecule has 0 bridgehead atoms. The van der Waals surface area contributed by atoms with Gasteiger partial charge in [-0.05, 0) is 35.4 Å². The number of aryl methyl sites for hydroxylation is 1. The van der Waals surface area contributed by atoms with Crippen LogP contribution in [0.4, 0.5) is 0 Å². The first-order chi connectivity index (χ1) is 9.72. The molecular weight excluding hydrogens is 270 g/mol. The van der Waals surface area contributed by atoms with Crippen LogP contribution in [0, 0.1) is 0 Å². The second-order valence-corrected chi connectivity index (χ2v) is 5.52. The van der Waals surface area contributed by atoms with Crippen LogP contribution in [0.15, 0.2) is 41.8 Å². The van der Waals surface area contributed by atoms with E-state index in [1.165, 1.54) is 11.3 Å². The van der Waals surface area contributed by atoms with Crippen LogP contribution in [0.3, 0.4) is 0 Å². The van der Waals surface area contributed by atoms with Crippen molar-refractivity contribution in [1.29, 1.82) is 0 Å². The molecule has 106 valence electrons. The predicted octanol–water partition coefficient (Wildman–Crippen LogP) is 3.16. The van der Waals surface area contributed by atoms with E-state index in [-0.39, 0.29) is 5.91 Å². The number of aliphatic hydroxyl groups excluding tert-OH is 1. The monoisotopic (exact) mass is 289 g/mol. The second kappa shape index (κ2) is 7.22. The summed E-state index contributed by atoms with van der Waals surface area (Å²) in [5.41, 5.74) is 1.96. The number of rotatable bonds is 6. The summed E-state index contributed by atoms with van der Waals surface area (Å²) < 4.78 is 0. The molecule has 0 radical (unpaired) electrons. The average Bonchev–Trinajstić information content (AvgIpc) is 2.96. The number of nitrogens with one attached hydrogen (secondary N) is 1. The Balaban J connectivity index is 1.83. The van der Waals surface area contributed by atoms with Gasteiger partial charge in [0.1, 0.15) is 0 Å². The maximum absolute atomic E-state index is 12.0. The highest BCUT2D eigenvalue weighted by Gasteiger charge is 2.12. The highest BCUT2D eigenvalue weighted by molar-refractivity contribution is 7.12. The Labute approximate surface area is 123 Å². The van der Waals surface area contributed by atoms with Gasteiger partial charge in [-0.2, -0.15) is 0 Å². The molecule has 0 aliphatic carbocycles. The highest BCUT2D eigenvalue weighted by Crippen LogP contribution is 2.18. The molecule has 1 aromatic heterocycles. The van der Waals surface area contributed by atoms with E-state index in [0.29, 0.717) is 13.0 Å². The molecule has 1 aromatic carbocycles. The average molecular weight is 289 g/mol. The Kier molecular flexibility index (Phi) is 5.32. The molecule has 1 heterocycles. The third-order valence-electron chi connectivity index (χ3n) is 3.22. The fourth-order valence-corrected chi connectivity index (χ4v) is 2.97. The zero-order valence-electron chi connectivity index (χ0n) is 11.5. The van der Waals surface area contributed by atoms with E-state index < -0.39 is 6.10 Å². The molecule has 0 aliphatic rings. The number of carbonyl (C=O) groups is 1. The number of hydrogen-bond acceptors (Lipinski definition) is 3. The summed E-state index contributed by atoms with van der Waals surface area (Å²) in [4.78, 5) is 12.8. The Bertz CT molecular complexity index is 551. The topological polar surface area (TPSA) is 49.3 Å². The molecule has 3 nitrogen and oxygen atoms in total. The SMILES string of the molecule is CCc1ccsc1C(=O)NCCC(O)c1ccccc1. The van der Waals surface area contributed by atoms with E-state index in [4.69, 9.17) is 0 Å². The van der Waals surface area contributed by atoms with Gasteiger partial charge in [0.05, 0.1) is 11.0 Å². The van der Waals surface area contributed by atoms with Crippen LogP contribution in [-0.4, -0.2) is 17.6 Å². The molecule has 4 heteroatoms. The van der Waals surface area contributed by atoms with Crippen molar-refractivity contribution in [2.45, 2.75) is 25.9 Å². The number of thiophene rings is 1. The number of aliphatic hydroxyl groups is 1. The van der Waals surface area contributed by atoms with Crippen molar-refractivity contribution in [2.75, 3.05) is 6.54 Å². The highest BCUT2D eigenvalue weighted by atomic mass is 32.1. The fourth-order valence-electron chi connectivity index (χ4n) is 2.06. The van der Waals surface area contributed by atoms with Gasteiger partial charge in [0, 0.05) is 6.54 Å². The Morgan fingerprint density at radius 3 is 2.75 bits per heavy atom. The molecule has 0 saturated carbocycles. The molecule has 1 amide bonds. The molecule has 1 atom stereocenters. The van der Waals surface area contributed by atoms with Crippen molar-refractivity contribution in [3.63, 3.8) is 0 Å². The number of benzene rings is 1. The number of carbonyl (C=O) groups excluding carboxylic acids is 1. The van der Waals surface area contributed by atoms with Crippen molar-refractivity contribution in [3.8, 4) is 0 Å². The molecule has 2 aromatic rings. The Morgan fingerprint density at radius 1 is 1.30 bits per heavy atom. The second-order valence-electron chi connectivity index (χ2n) is 4.60. The minimum absolute atomic E-state index is 0.0443. The number of hydrogen-bond donors (Lipinski definition) is 2. The Hall–Kier alpha value is -1.65. The summed E-state index contributed by atoms with van der Waals surface area (Å²) in [5.74, 6) is -0.0443. The summed E-state index contributed by atoms with van der Waals surface area (Å²) >= 11 is 1.46. The van der Waals surface area contributed by atoms with Gasteiger partial charge in [0.2, 0.25) is 0 Å². The molecule has 0 aliphatic heterocycles. The normalized spacial score (nSPS) is 12.1. The molecule has 2 rings (SSSR count). The minimum atomic E-state index is -0.537. The van der Waals surface area contributed by atoms with Gasteiger partial charge in [-0.3, -0.25) is 4.79 Å². The lowest BCUT2D eigenvalue weighted by molar-refractivity contribution is 0.0946. The van der Waals surface area contributed by atoms with Gasteiger partial charge >= 0.3 is 0 Å². The zero-order valence-corrected chi connectivity index (χ0v) is 12.3. The predicted molar refractivity (Wildman–Crippen MR) is 82.0 cm³/mol. The van der Waals surface area contributed by atoms with Crippen LogP contribution in [0.25, 0.3) is 0 Å². The van der Waals surface area contributed by atoms with Gasteiger partial charge in [-0.1, -0.05) is 37.3 Å². The standard InChI is InChI=1S/C16H19NO2S/c1-2-12-9-11-20-15(12)16(19)17-10-8-14(18)13-6-4-3-5-7-13/h3-7,9,11,14,18H,2,8,10H2,1H3,(H,17,19). The number of amides is 1. The van der Waals surface area contributed by atoms with Crippen molar-refractivity contribution < 1.29 is 9.90 Å². The zero-order chi connectivity index (χ0) is 14.4. The van der Waals surface area contributed by atoms with E-state index >= 15 is 0 Å². The van der Waals surface area contributed by atoms with E-state index in [1.54, 1.807) is 0 Å². The van der Waals surface area contributed by atoms with Crippen LogP contribution in [0.2, 0.25) is 0 Å². The van der Waals surface area contributed by atoms with E-state index in [0.717, 1.165) is 22.4 Å². The third kappa shape index (κ3) is 3.68. The van der Waals surface area contributed by atoms with Crippen LogP contribution in [-0.2, 0) is 6.42 Å². The van der Waals surface area contributed by atoms with Crippen molar-refractivity contribution >= 4 is 17.2 Å². The van der Waals surface area contributed by atoms with Gasteiger partial charge in [-0.15, -0.1) is 11.3 Å². The molecule has 20 heavy (non-hydrogen) atoms. The summed E-state index contributed by atoms with van der Waals surface area (Å²) in [7, 11) is 0. The van der Waals surface area contributed by atoms with Gasteiger partial charge in [-0.25, -0.2) is 0 Å². The van der Waals surface area contributed by atoms with E-state index in [1.807, 2.05) is 48.7 Å². The first-order valence-electron chi connectivity index (χ1n) is 6.80. The fraction of sp³-hybridized carbons (Fsp3) is 0.312. The molecule has 0 fully saturated rings. The van der Waals surface area contributed by atoms with Gasteiger partial charge in [0.25, 0.3) is 5.91 Å². The maximum atomic E-state index is 12.0. The third-order valence-corrected chi connectivity index (χ3v) is 4.18. The first kappa shape index (κ1) is 14.8. The van der Waals surface area contributed by atoms with Crippen LogP contribution < -0.4 is 5.32 Å². The smallest absolute Gasteiger partial charge is 0.261 e. The summed E-state index contributed by atoms with van der Waals surface area (Å²) in [6, 6.07) is 11.5. The molecular formula is C16H19NO2S. The lowest BCUT2D eigenvalue weighted by Crippen LogP contribution is -2.25. The van der Waals surface area contributed by atoms with E-state index in [2.05, 4.69) is 5.32 Å². The molecule has 2 N–H and O–H groups in total. The van der Waals surface area contributed by atoms with Crippen molar-refractivity contribution in [3.05, 3.63) is 57.8 Å². The molecule has 0 spiro atoms. The molecule has 1 unspecified atom stereocenters. The van der Waals surface area contributed by atoms with Crippen LogP contribution >= 0.6 is 11.3 Å². The van der Waals surface area contributed by atoms with Gasteiger partial charge in [0.15, 0.2) is 0 Å². The summed E-state index contributed by atoms with van der Waals surface area (Å²) in [5, 5.41) is 14.8. The summed E-state index contributed by atoms with van der Waals surface area (Å²) in [6.07, 6.45) is 0.840. The molecule has 0 saturated heterocycles. The first-order valence-corrected chi connectivity index (χ1v) is 7.68. The van der Waals surface area contributed by atoms with Gasteiger partial charge < -0.3 is 10.4 Å². The summed E-state index contributed by atoms with van der Waals surface area (Å²) in [6.45, 7) is 2.51. The van der Waals surface area contributed by atoms with E-state index in [9.17, 15) is 9.90 Å². The minimum Gasteiger partial charge on any atom is -0.388 e. The van der Waals surface area contributed by atoms with Crippen molar-refractivity contribution in [1.82, 2.24) is 5.32 Å². The lowest BCUT2D eigenvalue weighted by Gasteiger charge is -2.11. The van der Waals surface area contributed by atoms with Crippen LogP contribution in [0.5, 0.6) is 0 Å². The Morgan fingerprint density at radius 2 is 2.05 bits per heavy atom. The van der Waals surface area contributed by atoms with Crippen molar-refractivity contribution in [2.24, 2.45) is 0 Å². The van der Waals surface area contributed by atoms with Crippen LogP contribution in [0.1, 0.15) is 40.2 Å². The maximum Gasteiger partial charge on any atom is 0.261 e. The quantitative estimate of drug-likeness (QED) is 0.858. The largest absolute Gasteiger partial charge is 0.388 e. The lowest BCUT2D eigenvalue weighted by atomic mass is 10.1.